The predicted octanol–water partition coefficient (Wildman–Crippen LogP) is 13.3. The molecule has 4 heteroatoms. The molecule has 0 unspecified atom stereocenters. The van der Waals surface area contributed by atoms with Crippen molar-refractivity contribution >= 4 is 75.5 Å². The van der Waals surface area contributed by atoms with E-state index >= 15 is 0 Å². The van der Waals surface area contributed by atoms with Gasteiger partial charge in [-0.1, -0.05) is 164 Å². The minimum atomic E-state index is 0.444. The number of nitrogens with zero attached hydrogens (tertiary/aromatic N) is 1. The summed E-state index contributed by atoms with van der Waals surface area (Å²) in [7, 11) is 0. The highest BCUT2D eigenvalue weighted by atomic mass is 32.1. The van der Waals surface area contributed by atoms with E-state index in [0.29, 0.717) is 5.71 Å². The summed E-state index contributed by atoms with van der Waals surface area (Å²) >= 11 is 1.87. The van der Waals surface area contributed by atoms with Crippen LogP contribution in [0, 0.1) is 5.41 Å². The summed E-state index contributed by atoms with van der Waals surface area (Å²) in [5.41, 5.74) is 14.1. The number of aromatic nitrogens is 1. The Balaban J connectivity index is 1.19. The normalized spacial score (nSPS) is 12.0. The van der Waals surface area contributed by atoms with Crippen molar-refractivity contribution in [2.75, 3.05) is 5.43 Å². The van der Waals surface area contributed by atoms with E-state index in [1.54, 1.807) is 0 Å². The molecule has 8 aromatic carbocycles. The summed E-state index contributed by atoms with van der Waals surface area (Å²) < 4.78 is 4.80. The highest BCUT2D eigenvalue weighted by Gasteiger charge is 2.22. The van der Waals surface area contributed by atoms with E-state index < -0.39 is 0 Å². The average Bonchev–Trinajstić information content (AvgIpc) is 3.78. The minimum Gasteiger partial charge on any atom is -0.300 e. The largest absolute Gasteiger partial charge is 0.300 e. The molecule has 250 valence electrons. The molecule has 0 bridgehead atoms. The van der Waals surface area contributed by atoms with Crippen LogP contribution in [0.2, 0.25) is 0 Å². The van der Waals surface area contributed by atoms with Crippen LogP contribution in [-0.2, 0) is 0 Å². The van der Waals surface area contributed by atoms with Gasteiger partial charge in [0.15, 0.2) is 0 Å². The molecule has 2 N–H and O–H groups in total. The van der Waals surface area contributed by atoms with Gasteiger partial charge in [0.2, 0.25) is 0 Å². The third kappa shape index (κ3) is 5.31. The Bertz CT molecular complexity index is 3010. The molecule has 53 heavy (non-hydrogen) atoms. The van der Waals surface area contributed by atoms with Crippen molar-refractivity contribution in [1.82, 2.24) is 4.68 Å². The van der Waals surface area contributed by atoms with Crippen LogP contribution in [0.25, 0.3) is 80.7 Å². The molecule has 0 fully saturated rings. The topological polar surface area (TPSA) is 40.8 Å². The van der Waals surface area contributed by atoms with E-state index in [1.165, 1.54) is 64.0 Å². The monoisotopic (exact) mass is 695 g/mol. The first kappa shape index (κ1) is 31.0. The van der Waals surface area contributed by atoms with Crippen LogP contribution in [0.1, 0.15) is 11.1 Å². The fraction of sp³-hybridized carbons (Fsp3) is 0. The summed E-state index contributed by atoms with van der Waals surface area (Å²) in [5.74, 6) is 0. The van der Waals surface area contributed by atoms with Gasteiger partial charge in [-0.25, -0.2) is 0 Å². The Morgan fingerprint density at radius 2 is 1.04 bits per heavy atom. The highest BCUT2D eigenvalue weighted by molar-refractivity contribution is 7.27. The summed E-state index contributed by atoms with van der Waals surface area (Å²) in [5, 5.41) is 16.5. The maximum Gasteiger partial charge on any atom is 0.0802 e. The molecule has 3 nitrogen and oxygen atoms in total. The van der Waals surface area contributed by atoms with Gasteiger partial charge in [-0.15, -0.1) is 11.3 Å². The van der Waals surface area contributed by atoms with Gasteiger partial charge in [-0.2, -0.15) is 0 Å². The molecular weight excluding hydrogens is 663 g/mol. The Morgan fingerprint density at radius 1 is 0.491 bits per heavy atom. The zero-order valence-corrected chi connectivity index (χ0v) is 29.6. The van der Waals surface area contributed by atoms with Crippen LogP contribution in [0.4, 0.5) is 0 Å². The molecule has 0 spiro atoms. The summed E-state index contributed by atoms with van der Waals surface area (Å²) in [6.45, 7) is 0. The summed E-state index contributed by atoms with van der Waals surface area (Å²) in [4.78, 5) is 0. The Kier molecular flexibility index (Phi) is 7.48. The first-order chi connectivity index (χ1) is 26.2. The number of benzene rings is 8. The van der Waals surface area contributed by atoms with Crippen LogP contribution < -0.4 is 5.43 Å². The van der Waals surface area contributed by atoms with Crippen LogP contribution in [0.5, 0.6) is 0 Å². The maximum atomic E-state index is 9.07. The molecule has 0 atom stereocenters. The quantitative estimate of drug-likeness (QED) is 0.160. The van der Waals surface area contributed by atoms with Crippen molar-refractivity contribution in [3.63, 3.8) is 0 Å². The first-order valence-corrected chi connectivity index (χ1v) is 18.7. The number of hydrogen-bond donors (Lipinski definition) is 2. The van der Waals surface area contributed by atoms with Crippen LogP contribution in [-0.4, -0.2) is 10.4 Å². The van der Waals surface area contributed by atoms with Crippen molar-refractivity contribution in [3.8, 4) is 22.3 Å². The lowest BCUT2D eigenvalue weighted by atomic mass is 9.97. The number of allylic oxidation sites excluding steroid dienone is 1. The van der Waals surface area contributed by atoms with E-state index in [9.17, 15) is 0 Å². The van der Waals surface area contributed by atoms with E-state index in [2.05, 4.69) is 144 Å². The van der Waals surface area contributed by atoms with Crippen molar-refractivity contribution in [3.05, 3.63) is 199 Å². The van der Waals surface area contributed by atoms with Crippen molar-refractivity contribution in [2.45, 2.75) is 0 Å². The molecule has 2 heterocycles. The lowest BCUT2D eigenvalue weighted by molar-refractivity contribution is 1.07. The number of thiophene rings is 1. The second-order valence-corrected chi connectivity index (χ2v) is 14.4. The summed E-state index contributed by atoms with van der Waals surface area (Å²) in [6.07, 6.45) is 1.94. The van der Waals surface area contributed by atoms with E-state index in [1.807, 2.05) is 65.9 Å². The van der Waals surface area contributed by atoms with Gasteiger partial charge in [-0.3, -0.25) is 10.1 Å². The van der Waals surface area contributed by atoms with Crippen molar-refractivity contribution in [2.24, 2.45) is 0 Å². The second kappa shape index (κ2) is 12.8. The minimum absolute atomic E-state index is 0.444. The molecule has 0 aliphatic carbocycles. The fourth-order valence-corrected chi connectivity index (χ4v) is 8.98. The van der Waals surface area contributed by atoms with Gasteiger partial charge in [0.05, 0.1) is 22.4 Å². The van der Waals surface area contributed by atoms with Gasteiger partial charge in [-0.05, 0) is 63.0 Å². The SMILES string of the molecule is N=C(/C=C(\Nn1c2ccccc2c2c3sc4ccc(-c5ccc(-c6ccccc6)cc5)cc4c3c3ccccc3c21)c1ccccc1)c1ccccc1. The van der Waals surface area contributed by atoms with Crippen molar-refractivity contribution < 1.29 is 0 Å². The zero-order chi connectivity index (χ0) is 35.3. The molecule has 0 saturated heterocycles. The number of fused-ring (bicyclic) bond motifs is 10. The predicted molar refractivity (Wildman–Crippen MR) is 228 cm³/mol. The molecule has 0 radical (unpaired) electrons. The Labute approximate surface area is 311 Å². The molecule has 0 saturated carbocycles. The number of rotatable bonds is 7. The van der Waals surface area contributed by atoms with Gasteiger partial charge < -0.3 is 5.41 Å². The molecule has 0 aliphatic rings. The molecule has 10 rings (SSSR count). The fourth-order valence-electron chi connectivity index (χ4n) is 7.72. The third-order valence-corrected chi connectivity index (χ3v) is 11.4. The number of nitrogens with one attached hydrogen (secondary N) is 2. The zero-order valence-electron chi connectivity index (χ0n) is 28.8. The van der Waals surface area contributed by atoms with Gasteiger partial charge in [0.1, 0.15) is 0 Å². The van der Waals surface area contributed by atoms with Gasteiger partial charge >= 0.3 is 0 Å². The van der Waals surface area contributed by atoms with Crippen LogP contribution >= 0.6 is 11.3 Å². The molecular formula is C49H33N3S. The Hall–Kier alpha value is -6.75. The maximum absolute atomic E-state index is 9.07. The number of hydrogen-bond acceptors (Lipinski definition) is 3. The highest BCUT2D eigenvalue weighted by Crippen LogP contribution is 2.48. The smallest absolute Gasteiger partial charge is 0.0802 e. The van der Waals surface area contributed by atoms with E-state index in [0.717, 1.165) is 27.9 Å². The van der Waals surface area contributed by atoms with Gasteiger partial charge in [0.25, 0.3) is 0 Å². The third-order valence-electron chi connectivity index (χ3n) is 10.3. The number of para-hydroxylation sites is 1. The standard InChI is InChI=1S/C49H33N3S/c50-42(35-16-6-2-7-17-35)31-43(36-18-8-3-9-19-36)51-52-44-23-13-12-22-40(44)47-48(52)39-21-11-10-20-38(39)46-41-30-37(28-29-45(41)53-49(46)47)34-26-24-33(25-27-34)32-14-4-1-5-15-32/h1-31,50-51H/b43-31-,50-42?. The van der Waals surface area contributed by atoms with E-state index in [-0.39, 0.29) is 0 Å². The first-order valence-electron chi connectivity index (χ1n) is 17.9. The lowest BCUT2D eigenvalue weighted by Crippen LogP contribution is -2.15. The molecule has 0 amide bonds. The van der Waals surface area contributed by atoms with Gasteiger partial charge in [0, 0.05) is 36.3 Å². The lowest BCUT2D eigenvalue weighted by Gasteiger charge is -2.17. The van der Waals surface area contributed by atoms with Crippen molar-refractivity contribution in [1.29, 1.82) is 5.41 Å². The van der Waals surface area contributed by atoms with E-state index in [4.69, 9.17) is 5.41 Å². The molecule has 0 aliphatic heterocycles. The second-order valence-electron chi connectivity index (χ2n) is 13.4. The summed E-state index contributed by atoms with van der Waals surface area (Å²) in [6, 6.07) is 64.1. The van der Waals surface area contributed by atoms with Crippen LogP contribution in [0.15, 0.2) is 188 Å². The molecule has 10 aromatic rings. The Morgan fingerprint density at radius 3 is 1.75 bits per heavy atom. The van der Waals surface area contributed by atoms with Crippen LogP contribution in [0.3, 0.4) is 0 Å². The molecule has 2 aromatic heterocycles. The average molecular weight is 696 g/mol.